The first-order valence-corrected chi connectivity index (χ1v) is 5.62. The maximum absolute atomic E-state index is 7.57. The van der Waals surface area contributed by atoms with Crippen LogP contribution >= 0.6 is 0 Å². The molecule has 2 rings (SSSR count). The highest BCUT2D eigenvalue weighted by Gasteiger charge is 2.09. The molecular formula is C14H16N2O. The van der Waals surface area contributed by atoms with Crippen LogP contribution < -0.4 is 10.5 Å². The lowest BCUT2D eigenvalue weighted by Gasteiger charge is -2.14. The van der Waals surface area contributed by atoms with Crippen molar-refractivity contribution >= 4 is 16.6 Å². The number of benzene rings is 2. The molecule has 3 heteroatoms. The van der Waals surface area contributed by atoms with Crippen molar-refractivity contribution in [2.45, 2.75) is 20.0 Å². The van der Waals surface area contributed by atoms with Crippen LogP contribution in [0.15, 0.2) is 36.4 Å². The number of nitrogen functional groups attached to an aromatic ring is 1. The van der Waals surface area contributed by atoms with Crippen molar-refractivity contribution in [3.05, 3.63) is 42.0 Å². The van der Waals surface area contributed by atoms with Crippen molar-refractivity contribution in [2.24, 2.45) is 5.73 Å². The standard InChI is InChI=1S/C14H16N2O/c1-9(2)17-13-8-7-12(14(15)16)10-5-3-4-6-11(10)13/h3-9H,1-2H3,(H3,15,16). The van der Waals surface area contributed by atoms with E-state index < -0.39 is 0 Å². The fourth-order valence-electron chi connectivity index (χ4n) is 1.86. The molecular weight excluding hydrogens is 212 g/mol. The van der Waals surface area contributed by atoms with E-state index in [-0.39, 0.29) is 11.9 Å². The van der Waals surface area contributed by atoms with Gasteiger partial charge >= 0.3 is 0 Å². The van der Waals surface area contributed by atoms with Gasteiger partial charge in [-0.3, -0.25) is 5.41 Å². The van der Waals surface area contributed by atoms with Crippen LogP contribution in [0.5, 0.6) is 5.75 Å². The van der Waals surface area contributed by atoms with Crippen LogP contribution in [0.1, 0.15) is 19.4 Å². The van der Waals surface area contributed by atoms with Gasteiger partial charge in [-0.05, 0) is 31.4 Å². The summed E-state index contributed by atoms with van der Waals surface area (Å²) < 4.78 is 5.75. The van der Waals surface area contributed by atoms with Gasteiger partial charge in [0.15, 0.2) is 0 Å². The van der Waals surface area contributed by atoms with Crippen LogP contribution in [0.4, 0.5) is 0 Å². The summed E-state index contributed by atoms with van der Waals surface area (Å²) in [5.41, 5.74) is 6.32. The van der Waals surface area contributed by atoms with Crippen LogP contribution in [0.3, 0.4) is 0 Å². The van der Waals surface area contributed by atoms with Crippen molar-refractivity contribution in [3.63, 3.8) is 0 Å². The Kier molecular flexibility index (Phi) is 3.00. The molecule has 0 radical (unpaired) electrons. The number of nitrogens with one attached hydrogen (secondary N) is 1. The molecule has 0 heterocycles. The lowest BCUT2D eigenvalue weighted by Crippen LogP contribution is -2.12. The third-order valence-corrected chi connectivity index (χ3v) is 2.54. The van der Waals surface area contributed by atoms with Crippen LogP contribution in [-0.4, -0.2) is 11.9 Å². The van der Waals surface area contributed by atoms with Gasteiger partial charge in [-0.2, -0.15) is 0 Å². The van der Waals surface area contributed by atoms with Gasteiger partial charge in [0.25, 0.3) is 0 Å². The predicted molar refractivity (Wildman–Crippen MR) is 70.7 cm³/mol. The quantitative estimate of drug-likeness (QED) is 0.626. The van der Waals surface area contributed by atoms with E-state index in [0.29, 0.717) is 0 Å². The van der Waals surface area contributed by atoms with Crippen LogP contribution in [-0.2, 0) is 0 Å². The van der Waals surface area contributed by atoms with Gasteiger partial charge in [-0.25, -0.2) is 0 Å². The molecule has 0 aromatic heterocycles. The van der Waals surface area contributed by atoms with E-state index in [1.165, 1.54) is 0 Å². The number of hydrogen-bond acceptors (Lipinski definition) is 2. The molecule has 0 unspecified atom stereocenters. The molecule has 0 amide bonds. The minimum Gasteiger partial charge on any atom is -0.490 e. The smallest absolute Gasteiger partial charge is 0.127 e. The highest BCUT2D eigenvalue weighted by Crippen LogP contribution is 2.29. The normalized spacial score (nSPS) is 10.8. The number of fused-ring (bicyclic) bond motifs is 1. The molecule has 0 atom stereocenters. The Bertz CT molecular complexity index is 561. The second-order valence-corrected chi connectivity index (χ2v) is 4.24. The molecule has 3 N–H and O–H groups in total. The Balaban J connectivity index is 2.66. The Morgan fingerprint density at radius 3 is 2.35 bits per heavy atom. The first kappa shape index (κ1) is 11.5. The zero-order chi connectivity index (χ0) is 12.4. The minimum absolute atomic E-state index is 0.0808. The van der Waals surface area contributed by atoms with Crippen LogP contribution in [0.25, 0.3) is 10.8 Å². The average Bonchev–Trinajstić information content (AvgIpc) is 2.28. The molecule has 3 nitrogen and oxygen atoms in total. The van der Waals surface area contributed by atoms with Gasteiger partial charge in [0.1, 0.15) is 11.6 Å². The number of amidine groups is 1. The number of rotatable bonds is 3. The summed E-state index contributed by atoms with van der Waals surface area (Å²) in [7, 11) is 0. The molecule has 0 aliphatic heterocycles. The molecule has 17 heavy (non-hydrogen) atoms. The van der Waals surface area contributed by atoms with Crippen molar-refractivity contribution in [3.8, 4) is 5.75 Å². The second kappa shape index (κ2) is 4.45. The Labute approximate surface area is 101 Å². The Hall–Kier alpha value is -2.03. The number of ether oxygens (including phenoxy) is 1. The lowest BCUT2D eigenvalue weighted by molar-refractivity contribution is 0.245. The van der Waals surface area contributed by atoms with Crippen molar-refractivity contribution in [1.29, 1.82) is 5.41 Å². The van der Waals surface area contributed by atoms with E-state index in [0.717, 1.165) is 22.1 Å². The summed E-state index contributed by atoms with van der Waals surface area (Å²) in [5, 5.41) is 9.52. The van der Waals surface area contributed by atoms with Crippen LogP contribution in [0.2, 0.25) is 0 Å². The summed E-state index contributed by atoms with van der Waals surface area (Å²) in [6, 6.07) is 11.5. The lowest BCUT2D eigenvalue weighted by atomic mass is 10.0. The highest BCUT2D eigenvalue weighted by atomic mass is 16.5. The van der Waals surface area contributed by atoms with Crippen molar-refractivity contribution in [2.75, 3.05) is 0 Å². The summed E-state index contributed by atoms with van der Waals surface area (Å²) in [6.45, 7) is 3.99. The van der Waals surface area contributed by atoms with Gasteiger partial charge in [-0.1, -0.05) is 24.3 Å². The molecule has 88 valence electrons. The second-order valence-electron chi connectivity index (χ2n) is 4.24. The molecule has 2 aromatic carbocycles. The zero-order valence-electron chi connectivity index (χ0n) is 10.0. The fourth-order valence-corrected chi connectivity index (χ4v) is 1.86. The van der Waals surface area contributed by atoms with E-state index in [4.69, 9.17) is 15.9 Å². The molecule has 0 fully saturated rings. The topological polar surface area (TPSA) is 59.1 Å². The molecule has 0 saturated heterocycles. The molecule has 0 bridgehead atoms. The third kappa shape index (κ3) is 2.23. The molecule has 0 spiro atoms. The first-order chi connectivity index (χ1) is 8.09. The molecule has 0 aliphatic carbocycles. The van der Waals surface area contributed by atoms with Gasteiger partial charge in [0, 0.05) is 10.9 Å². The predicted octanol–water partition coefficient (Wildman–Crippen LogP) is 2.91. The summed E-state index contributed by atoms with van der Waals surface area (Å²) in [5.74, 6) is 0.915. The zero-order valence-corrected chi connectivity index (χ0v) is 10.0. The van der Waals surface area contributed by atoms with Gasteiger partial charge in [-0.15, -0.1) is 0 Å². The van der Waals surface area contributed by atoms with E-state index in [1.54, 1.807) is 0 Å². The van der Waals surface area contributed by atoms with E-state index >= 15 is 0 Å². The van der Waals surface area contributed by atoms with Gasteiger partial charge in [0.05, 0.1) is 6.10 Å². The van der Waals surface area contributed by atoms with E-state index in [2.05, 4.69) is 0 Å². The number of nitrogens with two attached hydrogens (primary N) is 1. The summed E-state index contributed by atoms with van der Waals surface area (Å²) >= 11 is 0. The van der Waals surface area contributed by atoms with Gasteiger partial charge in [0.2, 0.25) is 0 Å². The maximum Gasteiger partial charge on any atom is 0.127 e. The summed E-state index contributed by atoms with van der Waals surface area (Å²) in [4.78, 5) is 0. The SMILES string of the molecule is CC(C)Oc1ccc(C(=N)N)c2ccccc12. The molecule has 0 saturated carbocycles. The van der Waals surface area contributed by atoms with E-state index in [1.807, 2.05) is 50.2 Å². The highest BCUT2D eigenvalue weighted by molar-refractivity contribution is 6.09. The number of hydrogen-bond donors (Lipinski definition) is 2. The van der Waals surface area contributed by atoms with Gasteiger partial charge < -0.3 is 10.5 Å². The van der Waals surface area contributed by atoms with Crippen LogP contribution in [0, 0.1) is 5.41 Å². The maximum atomic E-state index is 7.57. The summed E-state index contributed by atoms with van der Waals surface area (Å²) in [6.07, 6.45) is 0.126. The van der Waals surface area contributed by atoms with Crippen molar-refractivity contribution in [1.82, 2.24) is 0 Å². The third-order valence-electron chi connectivity index (χ3n) is 2.54. The Morgan fingerprint density at radius 2 is 1.76 bits per heavy atom. The average molecular weight is 228 g/mol. The monoisotopic (exact) mass is 228 g/mol. The van der Waals surface area contributed by atoms with E-state index in [9.17, 15) is 0 Å². The first-order valence-electron chi connectivity index (χ1n) is 5.62. The largest absolute Gasteiger partial charge is 0.490 e. The Morgan fingerprint density at radius 1 is 1.12 bits per heavy atom. The molecule has 0 aliphatic rings. The van der Waals surface area contributed by atoms with Crippen molar-refractivity contribution < 1.29 is 4.74 Å². The molecule has 2 aromatic rings. The fraction of sp³-hybridized carbons (Fsp3) is 0.214. The minimum atomic E-state index is 0.0808.